The molecule has 0 fully saturated rings. The second-order valence-electron chi connectivity index (χ2n) is 26.1. The quantitative estimate of drug-likeness (QED) is 0.0373. The third-order valence-corrected chi connectivity index (χ3v) is 17.6. The molecule has 0 heterocycles. The van der Waals surface area contributed by atoms with E-state index in [-0.39, 0.29) is 25.2 Å². The van der Waals surface area contributed by atoms with Gasteiger partial charge in [0.2, 0.25) is 0 Å². The van der Waals surface area contributed by atoms with Crippen LogP contribution in [0.4, 0.5) is 0 Å². The summed E-state index contributed by atoms with van der Waals surface area (Å²) in [5.41, 5.74) is 0. The standard InChI is InChI=1S/C79H148O5/c1-3-5-7-9-11-13-15-17-19-21-23-25-27-29-31-33-35-37-38-39-40-42-44-46-48-50-52-54-56-58-60-62-64-66-68-70-72-74-79(82)84-77(75-80)76-83-78(81)73-71-69-67-65-63-61-59-57-55-53-51-49-47-45-43-41-36-34-32-30-28-26-24-22-20-18-16-14-12-10-8-6-4-2/h15-18,21-24,77,80H,3-14,19-20,25-76H2,1-2H3/b17-15-,18-16-,23-21-,24-22-. The van der Waals surface area contributed by atoms with Crippen LogP contribution in [-0.4, -0.2) is 36.4 Å². The van der Waals surface area contributed by atoms with Crippen LogP contribution in [-0.2, 0) is 19.1 Å². The van der Waals surface area contributed by atoms with Crippen molar-refractivity contribution in [3.05, 3.63) is 48.6 Å². The molecule has 0 saturated heterocycles. The minimum absolute atomic E-state index is 0.0592. The first kappa shape index (κ1) is 81.9. The van der Waals surface area contributed by atoms with Gasteiger partial charge in [-0.15, -0.1) is 0 Å². The highest BCUT2D eigenvalue weighted by Crippen LogP contribution is 2.19. The van der Waals surface area contributed by atoms with Gasteiger partial charge in [-0.3, -0.25) is 9.59 Å². The zero-order valence-electron chi connectivity index (χ0n) is 56.9. The normalized spacial score (nSPS) is 12.4. The fraction of sp³-hybridized carbons (Fsp3) is 0.873. The van der Waals surface area contributed by atoms with Gasteiger partial charge >= 0.3 is 11.9 Å². The van der Waals surface area contributed by atoms with Crippen molar-refractivity contribution in [2.75, 3.05) is 13.2 Å². The maximum absolute atomic E-state index is 12.4. The lowest BCUT2D eigenvalue weighted by molar-refractivity contribution is -0.161. The largest absolute Gasteiger partial charge is 0.462 e. The number of ether oxygens (including phenoxy) is 2. The summed E-state index contributed by atoms with van der Waals surface area (Å²) >= 11 is 0. The molecule has 1 atom stereocenters. The molecule has 0 aliphatic heterocycles. The molecule has 1 N–H and O–H groups in total. The van der Waals surface area contributed by atoms with Gasteiger partial charge in [0.25, 0.3) is 0 Å². The predicted octanol–water partition coefficient (Wildman–Crippen LogP) is 26.7. The molecule has 5 heteroatoms. The van der Waals surface area contributed by atoms with Crippen LogP contribution in [0.1, 0.15) is 425 Å². The molecule has 0 aromatic heterocycles. The van der Waals surface area contributed by atoms with E-state index >= 15 is 0 Å². The molecule has 0 aliphatic rings. The summed E-state index contributed by atoms with van der Waals surface area (Å²) in [5.74, 6) is -0.564. The lowest BCUT2D eigenvalue weighted by Gasteiger charge is -2.15. The summed E-state index contributed by atoms with van der Waals surface area (Å²) in [4.78, 5) is 24.7. The number of aliphatic hydroxyl groups excluding tert-OH is 1. The number of unbranched alkanes of at least 4 members (excludes halogenated alkanes) is 56. The van der Waals surface area contributed by atoms with Crippen LogP contribution in [0, 0.1) is 0 Å². The molecule has 0 aromatic carbocycles. The van der Waals surface area contributed by atoms with Crippen molar-refractivity contribution in [3.63, 3.8) is 0 Å². The van der Waals surface area contributed by atoms with Crippen molar-refractivity contribution in [2.24, 2.45) is 0 Å². The second-order valence-corrected chi connectivity index (χ2v) is 26.1. The van der Waals surface area contributed by atoms with Crippen molar-refractivity contribution < 1.29 is 24.2 Å². The van der Waals surface area contributed by atoms with Crippen LogP contribution in [0.25, 0.3) is 0 Å². The van der Waals surface area contributed by atoms with E-state index in [1.807, 2.05) is 0 Å². The lowest BCUT2D eigenvalue weighted by Crippen LogP contribution is -2.28. The molecule has 0 rings (SSSR count). The van der Waals surface area contributed by atoms with Crippen LogP contribution in [0.2, 0.25) is 0 Å². The Morgan fingerprint density at radius 3 is 0.702 bits per heavy atom. The molecule has 0 saturated carbocycles. The molecule has 0 radical (unpaired) electrons. The van der Waals surface area contributed by atoms with Crippen molar-refractivity contribution in [3.8, 4) is 0 Å². The Labute approximate surface area is 526 Å². The molecule has 0 bridgehead atoms. The molecule has 0 aliphatic carbocycles. The minimum Gasteiger partial charge on any atom is -0.462 e. The number of hydrogen-bond acceptors (Lipinski definition) is 5. The minimum atomic E-state index is -0.770. The topological polar surface area (TPSA) is 72.8 Å². The summed E-state index contributed by atoms with van der Waals surface area (Å²) < 4.78 is 10.8. The summed E-state index contributed by atoms with van der Waals surface area (Å²) in [6.45, 7) is 4.18. The first-order valence-electron chi connectivity index (χ1n) is 38.2. The van der Waals surface area contributed by atoms with Crippen molar-refractivity contribution in [1.82, 2.24) is 0 Å². The maximum atomic E-state index is 12.4. The molecule has 0 amide bonds. The van der Waals surface area contributed by atoms with E-state index in [2.05, 4.69) is 62.5 Å². The molecule has 494 valence electrons. The SMILES string of the molecule is CCCCCCC/C=C\C/C=C\CCCCCCCCCCCCCCCCCCCCCCCCCCCC(=O)OC(CO)COC(=O)CCCCCCCCCCCCCCCCCCCCCCC/C=C\C/C=C\CCCCCCC. The summed E-state index contributed by atoms with van der Waals surface area (Å²) in [5, 5.41) is 9.72. The molecular weight excluding hydrogens is 1030 g/mol. The van der Waals surface area contributed by atoms with Gasteiger partial charge in [0.1, 0.15) is 6.61 Å². The van der Waals surface area contributed by atoms with E-state index in [1.54, 1.807) is 0 Å². The highest BCUT2D eigenvalue weighted by atomic mass is 16.6. The maximum Gasteiger partial charge on any atom is 0.306 e. The van der Waals surface area contributed by atoms with Gasteiger partial charge in [0.15, 0.2) is 6.10 Å². The van der Waals surface area contributed by atoms with E-state index in [1.165, 1.54) is 353 Å². The average Bonchev–Trinajstić information content (AvgIpc) is 3.51. The van der Waals surface area contributed by atoms with Crippen molar-refractivity contribution in [1.29, 1.82) is 0 Å². The first-order chi connectivity index (χ1) is 41.6. The number of esters is 2. The molecule has 0 spiro atoms. The summed E-state index contributed by atoms with van der Waals surface area (Å²) in [7, 11) is 0. The number of aliphatic hydroxyl groups is 1. The number of hydrogen-bond donors (Lipinski definition) is 1. The average molecular weight is 1180 g/mol. The van der Waals surface area contributed by atoms with Gasteiger partial charge in [-0.1, -0.05) is 383 Å². The zero-order chi connectivity index (χ0) is 60.5. The van der Waals surface area contributed by atoms with Gasteiger partial charge in [-0.2, -0.15) is 0 Å². The van der Waals surface area contributed by atoms with E-state index in [0.29, 0.717) is 12.8 Å². The fourth-order valence-electron chi connectivity index (χ4n) is 11.9. The van der Waals surface area contributed by atoms with E-state index in [9.17, 15) is 14.7 Å². The Morgan fingerprint density at radius 2 is 0.476 bits per heavy atom. The van der Waals surface area contributed by atoms with Crippen LogP contribution < -0.4 is 0 Å². The Bertz CT molecular complexity index is 1380. The number of allylic oxidation sites excluding steroid dienone is 8. The predicted molar refractivity (Wildman–Crippen MR) is 371 cm³/mol. The summed E-state index contributed by atoms with van der Waals surface area (Å²) in [6.07, 6.45) is 102. The zero-order valence-corrected chi connectivity index (χ0v) is 56.9. The smallest absolute Gasteiger partial charge is 0.306 e. The molecule has 5 nitrogen and oxygen atoms in total. The van der Waals surface area contributed by atoms with Gasteiger partial charge in [0, 0.05) is 12.8 Å². The highest BCUT2D eigenvalue weighted by molar-refractivity contribution is 5.70. The third-order valence-electron chi connectivity index (χ3n) is 17.6. The Balaban J connectivity index is 3.37. The van der Waals surface area contributed by atoms with E-state index < -0.39 is 6.10 Å². The Hall–Kier alpha value is -2.14. The highest BCUT2D eigenvalue weighted by Gasteiger charge is 2.16. The van der Waals surface area contributed by atoms with Crippen LogP contribution in [0.3, 0.4) is 0 Å². The van der Waals surface area contributed by atoms with Crippen molar-refractivity contribution in [2.45, 2.75) is 431 Å². The first-order valence-corrected chi connectivity index (χ1v) is 38.2. The van der Waals surface area contributed by atoms with Crippen LogP contribution in [0.5, 0.6) is 0 Å². The van der Waals surface area contributed by atoms with Gasteiger partial charge < -0.3 is 14.6 Å². The van der Waals surface area contributed by atoms with Gasteiger partial charge in [-0.05, 0) is 77.0 Å². The molecule has 1 unspecified atom stereocenters. The van der Waals surface area contributed by atoms with E-state index in [0.717, 1.165) is 44.9 Å². The molecule has 0 aromatic rings. The lowest BCUT2D eigenvalue weighted by atomic mass is 10.0. The number of carbonyl (C=O) groups excluding carboxylic acids is 2. The number of carbonyl (C=O) groups is 2. The van der Waals surface area contributed by atoms with Crippen molar-refractivity contribution >= 4 is 11.9 Å². The van der Waals surface area contributed by atoms with Gasteiger partial charge in [0.05, 0.1) is 6.61 Å². The monoisotopic (exact) mass is 1180 g/mol. The van der Waals surface area contributed by atoms with Crippen LogP contribution >= 0.6 is 0 Å². The second kappa shape index (κ2) is 75.1. The molecular formula is C79H148O5. The van der Waals surface area contributed by atoms with E-state index in [4.69, 9.17) is 9.47 Å². The third kappa shape index (κ3) is 72.3. The summed E-state index contributed by atoms with van der Waals surface area (Å²) in [6, 6.07) is 0. The Morgan fingerprint density at radius 1 is 0.274 bits per heavy atom. The van der Waals surface area contributed by atoms with Crippen LogP contribution in [0.15, 0.2) is 48.6 Å². The number of rotatable bonds is 72. The van der Waals surface area contributed by atoms with Gasteiger partial charge in [-0.25, -0.2) is 0 Å². The Kier molecular flexibility index (Phi) is 73.2. The fourth-order valence-corrected chi connectivity index (χ4v) is 11.9. The molecule has 84 heavy (non-hydrogen) atoms.